The third-order valence-electron chi connectivity index (χ3n) is 6.20. The fraction of sp³-hybridized carbons (Fsp3) is 0.517. The molecule has 0 heterocycles. The van der Waals surface area contributed by atoms with E-state index in [4.69, 9.17) is 0 Å². The topological polar surface area (TPSA) is 20.2 Å². The van der Waals surface area contributed by atoms with Gasteiger partial charge < -0.3 is 22.0 Å². The van der Waals surface area contributed by atoms with Gasteiger partial charge in [-0.15, -0.1) is 0 Å². The van der Waals surface area contributed by atoms with Gasteiger partial charge in [-0.1, -0.05) is 100 Å². The molecule has 32 heavy (non-hydrogen) atoms. The fourth-order valence-corrected chi connectivity index (χ4v) is 4.29. The summed E-state index contributed by atoms with van der Waals surface area (Å²) in [6, 6.07) is 19.2. The van der Waals surface area contributed by atoms with Crippen LogP contribution in [0.4, 0.5) is 0 Å². The Morgan fingerprint density at radius 3 is 2.16 bits per heavy atom. The lowest BCUT2D eigenvalue weighted by Gasteiger charge is -2.35. The quantitative estimate of drug-likeness (QED) is 0.335. The Kier molecular flexibility index (Phi) is 13.6. The fourth-order valence-electron chi connectivity index (χ4n) is 4.29. The molecule has 0 amide bonds. The highest BCUT2D eigenvalue weighted by Gasteiger charge is 2.28. The van der Waals surface area contributed by atoms with Crippen molar-refractivity contribution in [3.05, 3.63) is 77.4 Å². The van der Waals surface area contributed by atoms with Crippen LogP contribution in [0.15, 0.2) is 60.7 Å². The van der Waals surface area contributed by atoms with Gasteiger partial charge in [-0.05, 0) is 42.0 Å². The van der Waals surface area contributed by atoms with E-state index in [2.05, 4.69) is 94.7 Å². The molecule has 2 nitrogen and oxygen atoms in total. The summed E-state index contributed by atoms with van der Waals surface area (Å²) in [5, 5.41) is 11.3. The molecule has 2 rings (SSSR count). The van der Waals surface area contributed by atoms with Crippen molar-refractivity contribution in [3.63, 3.8) is 0 Å². The van der Waals surface area contributed by atoms with E-state index >= 15 is 0 Å². The van der Waals surface area contributed by atoms with Crippen LogP contribution in [0, 0.1) is 5.92 Å². The van der Waals surface area contributed by atoms with E-state index in [0.717, 1.165) is 36.0 Å². The molecule has 0 spiro atoms. The third kappa shape index (κ3) is 10.3. The Hall–Kier alpha value is -1.61. The second kappa shape index (κ2) is 15.3. The van der Waals surface area contributed by atoms with Gasteiger partial charge in [0.1, 0.15) is 0 Å². The van der Waals surface area contributed by atoms with Gasteiger partial charge in [0.2, 0.25) is 0 Å². The van der Waals surface area contributed by atoms with Crippen molar-refractivity contribution in [1.29, 1.82) is 0 Å². The van der Waals surface area contributed by atoms with Gasteiger partial charge >= 0.3 is 0 Å². The van der Waals surface area contributed by atoms with Crippen LogP contribution < -0.4 is 12.4 Å². The zero-order valence-corrected chi connectivity index (χ0v) is 21.4. The normalized spacial score (nSPS) is 13.7. The van der Waals surface area contributed by atoms with Crippen molar-refractivity contribution >= 4 is 6.08 Å². The molecule has 1 N–H and O–H groups in total. The SMILES string of the molecule is CCCCCC(C[N+](C)(C)C/C=C/c1ccccc1)C(O)c1ccc(CCCC)cc1.[Cl-]. The Balaban J connectivity index is 0.00000512. The first kappa shape index (κ1) is 28.4. The lowest BCUT2D eigenvalue weighted by atomic mass is 9.89. The van der Waals surface area contributed by atoms with E-state index in [1.807, 2.05) is 0 Å². The average molecular weight is 458 g/mol. The summed E-state index contributed by atoms with van der Waals surface area (Å²) in [5.41, 5.74) is 3.69. The molecular formula is C29H44ClNO. The minimum atomic E-state index is -0.396. The Morgan fingerprint density at radius 2 is 1.53 bits per heavy atom. The van der Waals surface area contributed by atoms with E-state index in [1.165, 1.54) is 43.2 Å². The molecule has 0 saturated carbocycles. The molecule has 0 saturated heterocycles. The molecule has 0 radical (unpaired) electrons. The highest BCUT2D eigenvalue weighted by atomic mass is 35.5. The number of hydrogen-bond acceptors (Lipinski definition) is 1. The number of aryl methyl sites for hydroxylation is 1. The van der Waals surface area contributed by atoms with E-state index in [1.54, 1.807) is 0 Å². The van der Waals surface area contributed by atoms with Crippen molar-refractivity contribution in [3.8, 4) is 0 Å². The van der Waals surface area contributed by atoms with Crippen molar-refractivity contribution in [2.45, 2.75) is 64.9 Å². The lowest BCUT2D eigenvalue weighted by molar-refractivity contribution is -0.888. The molecule has 178 valence electrons. The first-order chi connectivity index (χ1) is 14.9. The number of halogens is 1. The summed E-state index contributed by atoms with van der Waals surface area (Å²) in [5.74, 6) is 0.271. The maximum absolute atomic E-state index is 11.3. The van der Waals surface area contributed by atoms with E-state index < -0.39 is 6.10 Å². The maximum atomic E-state index is 11.3. The Bertz CT molecular complexity index is 754. The predicted molar refractivity (Wildman–Crippen MR) is 135 cm³/mol. The van der Waals surface area contributed by atoms with Crippen LogP contribution in [0.25, 0.3) is 6.08 Å². The number of rotatable bonds is 14. The number of nitrogens with zero attached hydrogens (tertiary/aromatic N) is 1. The first-order valence-corrected chi connectivity index (χ1v) is 12.3. The van der Waals surface area contributed by atoms with Gasteiger partial charge in [0.05, 0.1) is 33.3 Å². The van der Waals surface area contributed by atoms with Gasteiger partial charge in [0.25, 0.3) is 0 Å². The number of hydrogen-bond donors (Lipinski definition) is 1. The van der Waals surface area contributed by atoms with E-state index in [0.29, 0.717) is 0 Å². The summed E-state index contributed by atoms with van der Waals surface area (Å²) in [6.07, 6.45) is 12.4. The minimum absolute atomic E-state index is 0. The molecule has 0 bridgehead atoms. The van der Waals surface area contributed by atoms with Gasteiger partial charge in [-0.3, -0.25) is 0 Å². The monoisotopic (exact) mass is 457 g/mol. The molecule has 0 aliphatic heterocycles. The van der Waals surface area contributed by atoms with Crippen LogP contribution in [-0.2, 0) is 6.42 Å². The molecule has 2 aromatic rings. The van der Waals surface area contributed by atoms with E-state index in [9.17, 15) is 5.11 Å². The van der Waals surface area contributed by atoms with Crippen LogP contribution in [0.5, 0.6) is 0 Å². The molecule has 0 aliphatic rings. The second-order valence-electron chi connectivity index (χ2n) is 9.66. The molecule has 2 atom stereocenters. The largest absolute Gasteiger partial charge is 1.00 e. The average Bonchev–Trinajstić information content (AvgIpc) is 2.77. The second-order valence-corrected chi connectivity index (χ2v) is 9.66. The van der Waals surface area contributed by atoms with Crippen LogP contribution in [0.3, 0.4) is 0 Å². The Labute approximate surface area is 203 Å². The molecule has 0 fully saturated rings. The van der Waals surface area contributed by atoms with Crippen molar-refractivity contribution < 1.29 is 22.0 Å². The molecule has 2 unspecified atom stereocenters. The molecule has 2 aromatic carbocycles. The van der Waals surface area contributed by atoms with Crippen LogP contribution in [0.1, 0.15) is 75.2 Å². The minimum Gasteiger partial charge on any atom is -1.00 e. The molecular weight excluding hydrogens is 414 g/mol. The number of likely N-dealkylation sites (N-methyl/N-ethyl adjacent to an activating group) is 1. The van der Waals surface area contributed by atoms with Crippen molar-refractivity contribution in [2.75, 3.05) is 27.2 Å². The predicted octanol–water partition coefficient (Wildman–Crippen LogP) is 4.05. The zero-order chi connectivity index (χ0) is 22.5. The van der Waals surface area contributed by atoms with E-state index in [-0.39, 0.29) is 18.3 Å². The summed E-state index contributed by atoms with van der Waals surface area (Å²) in [7, 11) is 4.56. The standard InChI is InChI=1S/C29H44NO.ClH/c1-5-7-10-18-28(29(31)27-21-19-26(20-22-27)14-8-6-2)24-30(3,4)23-13-17-25-15-11-9-12-16-25;/h9,11-13,15-17,19-22,28-29,31H,5-8,10,14,18,23-24H2,1-4H3;1H/q+1;/p-1/b17-13+;. The number of aliphatic hydroxyl groups excluding tert-OH is 1. The van der Waals surface area contributed by atoms with Crippen molar-refractivity contribution in [2.24, 2.45) is 5.92 Å². The number of aliphatic hydroxyl groups is 1. The Morgan fingerprint density at radius 1 is 0.875 bits per heavy atom. The van der Waals surface area contributed by atoms with Crippen molar-refractivity contribution in [1.82, 2.24) is 0 Å². The summed E-state index contributed by atoms with van der Waals surface area (Å²) in [6.45, 7) is 6.41. The van der Waals surface area contributed by atoms with Crippen LogP contribution in [-0.4, -0.2) is 36.8 Å². The summed E-state index contributed by atoms with van der Waals surface area (Å²) < 4.78 is 0.881. The van der Waals surface area contributed by atoms with Crippen LogP contribution in [0.2, 0.25) is 0 Å². The first-order valence-electron chi connectivity index (χ1n) is 12.3. The number of benzene rings is 2. The highest BCUT2D eigenvalue weighted by molar-refractivity contribution is 5.48. The smallest absolute Gasteiger partial charge is 0.0972 e. The maximum Gasteiger partial charge on any atom is 0.0972 e. The number of unbranched alkanes of at least 4 members (excludes halogenated alkanes) is 3. The van der Waals surface area contributed by atoms with Gasteiger partial charge in [0.15, 0.2) is 0 Å². The van der Waals surface area contributed by atoms with Gasteiger partial charge in [-0.2, -0.15) is 0 Å². The molecule has 0 aliphatic carbocycles. The molecule has 0 aromatic heterocycles. The molecule has 3 heteroatoms. The van der Waals surface area contributed by atoms with Crippen LogP contribution >= 0.6 is 0 Å². The summed E-state index contributed by atoms with van der Waals surface area (Å²) >= 11 is 0. The third-order valence-corrected chi connectivity index (χ3v) is 6.20. The zero-order valence-electron chi connectivity index (χ0n) is 20.6. The number of quaternary nitrogens is 1. The summed E-state index contributed by atoms with van der Waals surface area (Å²) in [4.78, 5) is 0. The van der Waals surface area contributed by atoms with Gasteiger partial charge in [-0.25, -0.2) is 0 Å². The lowest BCUT2D eigenvalue weighted by Crippen LogP contribution is -3.00. The van der Waals surface area contributed by atoms with Gasteiger partial charge in [0, 0.05) is 5.92 Å². The highest BCUT2D eigenvalue weighted by Crippen LogP contribution is 2.29.